The monoisotopic (exact) mass is 612 g/mol. The van der Waals surface area contributed by atoms with E-state index < -0.39 is 29.4 Å². The Morgan fingerprint density at radius 1 is 0.543 bits per heavy atom. The fraction of sp³-hybridized carbons (Fsp3) is 0.154. The molecule has 0 aliphatic rings. The van der Waals surface area contributed by atoms with Crippen molar-refractivity contribution in [3.63, 3.8) is 0 Å². The lowest BCUT2D eigenvalue weighted by atomic mass is 9.76. The van der Waals surface area contributed by atoms with Crippen molar-refractivity contribution in [1.82, 2.24) is 10.6 Å². The summed E-state index contributed by atoms with van der Waals surface area (Å²) in [5.41, 5.74) is 3.15. The molecule has 0 spiro atoms. The minimum absolute atomic E-state index is 0.0399. The van der Waals surface area contributed by atoms with Gasteiger partial charge in [-0.3, -0.25) is 9.59 Å². The van der Waals surface area contributed by atoms with Gasteiger partial charge in [-0.1, -0.05) is 152 Å². The quantitative estimate of drug-likeness (QED) is 0.113. The van der Waals surface area contributed by atoms with Crippen LogP contribution in [-0.2, 0) is 37.8 Å². The summed E-state index contributed by atoms with van der Waals surface area (Å²) in [6.45, 7) is -0.0358. The van der Waals surface area contributed by atoms with Crippen LogP contribution in [0.15, 0.2) is 152 Å². The smallest absolute Gasteiger partial charge is 0.407 e. The third kappa shape index (κ3) is 8.27. The highest BCUT2D eigenvalue weighted by Gasteiger charge is 2.38. The second kappa shape index (κ2) is 15.9. The predicted molar refractivity (Wildman–Crippen MR) is 176 cm³/mol. The number of carbonyl (C=O) groups excluding carboxylic acids is 3. The number of amides is 2. The molecule has 0 radical (unpaired) electrons. The molecule has 232 valence electrons. The summed E-state index contributed by atoms with van der Waals surface area (Å²) in [6, 6.07) is 47.7. The molecular formula is C39H36N2O5. The first kappa shape index (κ1) is 31.7. The van der Waals surface area contributed by atoms with Crippen molar-refractivity contribution in [2.45, 2.75) is 25.2 Å². The summed E-state index contributed by atoms with van der Waals surface area (Å²) < 4.78 is 11.0. The standard InChI is InChI=1S/C39H36N2O5/c42-36(41-39(33-20-10-3-11-21-33,34-22-12-4-13-23-34)35-24-14-5-15-25-35)26-32(37(43)45-28-30-16-6-1-7-17-30)27-40-38(44)46-29-31-18-8-2-9-19-31/h1-25,32H,26-29H2,(H,40,44)(H,41,42)/t32-/m1/s1. The van der Waals surface area contributed by atoms with Crippen LogP contribution in [0.1, 0.15) is 34.2 Å². The Balaban J connectivity index is 1.38. The molecule has 5 rings (SSSR count). The molecule has 2 amide bonds. The zero-order chi connectivity index (χ0) is 32.0. The topological polar surface area (TPSA) is 93.7 Å². The van der Waals surface area contributed by atoms with Gasteiger partial charge in [-0.15, -0.1) is 0 Å². The van der Waals surface area contributed by atoms with Crippen molar-refractivity contribution in [3.05, 3.63) is 179 Å². The molecule has 2 N–H and O–H groups in total. The zero-order valence-corrected chi connectivity index (χ0v) is 25.4. The molecule has 1 atom stereocenters. The summed E-state index contributed by atoms with van der Waals surface area (Å²) in [6.07, 6.45) is -0.932. The minimum Gasteiger partial charge on any atom is -0.461 e. The lowest BCUT2D eigenvalue weighted by molar-refractivity contribution is -0.151. The first-order valence-electron chi connectivity index (χ1n) is 15.2. The largest absolute Gasteiger partial charge is 0.461 e. The number of ether oxygens (including phenoxy) is 2. The SMILES string of the molecule is O=C(C[C@H](CNC(=O)OCc1ccccc1)C(=O)OCc1ccccc1)NC(c1ccccc1)(c1ccccc1)c1ccccc1. The Morgan fingerprint density at radius 3 is 1.37 bits per heavy atom. The molecule has 0 unspecified atom stereocenters. The zero-order valence-electron chi connectivity index (χ0n) is 25.4. The Kier molecular flexibility index (Phi) is 10.9. The van der Waals surface area contributed by atoms with E-state index >= 15 is 0 Å². The summed E-state index contributed by atoms with van der Waals surface area (Å²) in [7, 11) is 0. The van der Waals surface area contributed by atoms with Gasteiger partial charge in [-0.05, 0) is 27.8 Å². The highest BCUT2D eigenvalue weighted by molar-refractivity contribution is 5.85. The van der Waals surface area contributed by atoms with Gasteiger partial charge in [0.15, 0.2) is 0 Å². The van der Waals surface area contributed by atoms with Crippen LogP contribution in [-0.4, -0.2) is 24.5 Å². The third-order valence-electron chi connectivity index (χ3n) is 7.64. The van der Waals surface area contributed by atoms with E-state index in [4.69, 9.17) is 9.47 Å². The summed E-state index contributed by atoms with van der Waals surface area (Å²) in [5.74, 6) is -1.97. The molecule has 0 aliphatic heterocycles. The maximum atomic E-state index is 14.1. The first-order valence-corrected chi connectivity index (χ1v) is 15.2. The molecule has 5 aromatic carbocycles. The van der Waals surface area contributed by atoms with Crippen molar-refractivity contribution in [2.24, 2.45) is 5.92 Å². The lowest BCUT2D eigenvalue weighted by Gasteiger charge is -2.37. The van der Waals surface area contributed by atoms with Gasteiger partial charge < -0.3 is 20.1 Å². The average Bonchev–Trinajstić information content (AvgIpc) is 3.12. The predicted octanol–water partition coefficient (Wildman–Crippen LogP) is 6.77. The van der Waals surface area contributed by atoms with Crippen molar-refractivity contribution < 1.29 is 23.9 Å². The summed E-state index contributed by atoms with van der Waals surface area (Å²) in [5, 5.41) is 5.94. The molecule has 0 aliphatic carbocycles. The van der Waals surface area contributed by atoms with Crippen molar-refractivity contribution in [3.8, 4) is 0 Å². The van der Waals surface area contributed by atoms with Gasteiger partial charge in [0.05, 0.1) is 5.92 Å². The lowest BCUT2D eigenvalue weighted by Crippen LogP contribution is -2.49. The van der Waals surface area contributed by atoms with E-state index in [1.54, 1.807) is 0 Å². The molecule has 0 bridgehead atoms. The van der Waals surface area contributed by atoms with Crippen LogP contribution in [0.4, 0.5) is 4.79 Å². The number of alkyl carbamates (subject to hydrolysis) is 1. The van der Waals surface area contributed by atoms with E-state index in [0.717, 1.165) is 27.8 Å². The van der Waals surface area contributed by atoms with Crippen molar-refractivity contribution in [1.29, 1.82) is 0 Å². The number of esters is 1. The molecule has 0 saturated carbocycles. The van der Waals surface area contributed by atoms with E-state index in [-0.39, 0.29) is 26.2 Å². The van der Waals surface area contributed by atoms with Gasteiger partial charge in [-0.2, -0.15) is 0 Å². The average molecular weight is 613 g/mol. The van der Waals surface area contributed by atoms with Crippen molar-refractivity contribution in [2.75, 3.05) is 6.54 Å². The van der Waals surface area contributed by atoms with Crippen LogP contribution in [0, 0.1) is 5.92 Å². The number of carbonyl (C=O) groups is 3. The fourth-order valence-electron chi connectivity index (χ4n) is 5.33. The first-order chi connectivity index (χ1) is 22.5. The molecule has 0 aromatic heterocycles. The van der Waals surface area contributed by atoms with Gasteiger partial charge in [0, 0.05) is 13.0 Å². The normalized spacial score (nSPS) is 11.6. The molecule has 5 aromatic rings. The van der Waals surface area contributed by atoms with Gasteiger partial charge in [0.2, 0.25) is 5.91 Å². The van der Waals surface area contributed by atoms with E-state index in [9.17, 15) is 14.4 Å². The molecule has 7 heteroatoms. The van der Waals surface area contributed by atoms with Crippen LogP contribution < -0.4 is 10.6 Å². The van der Waals surface area contributed by atoms with Gasteiger partial charge in [-0.25, -0.2) is 4.79 Å². The molecule has 0 saturated heterocycles. The highest BCUT2D eigenvalue weighted by Crippen LogP contribution is 2.37. The number of rotatable bonds is 13. The molecule has 46 heavy (non-hydrogen) atoms. The van der Waals surface area contributed by atoms with Crippen LogP contribution in [0.3, 0.4) is 0 Å². The Hall–Kier alpha value is -5.69. The highest BCUT2D eigenvalue weighted by atomic mass is 16.5. The molecule has 0 heterocycles. The van der Waals surface area contributed by atoms with Gasteiger partial charge >= 0.3 is 12.1 Å². The molecular weight excluding hydrogens is 576 g/mol. The fourth-order valence-corrected chi connectivity index (χ4v) is 5.33. The van der Waals surface area contributed by atoms with Crippen molar-refractivity contribution >= 4 is 18.0 Å². The van der Waals surface area contributed by atoms with Crippen LogP contribution in [0.25, 0.3) is 0 Å². The third-order valence-corrected chi connectivity index (χ3v) is 7.64. The molecule has 7 nitrogen and oxygen atoms in total. The van der Waals surface area contributed by atoms with E-state index in [2.05, 4.69) is 10.6 Å². The Morgan fingerprint density at radius 2 is 0.935 bits per heavy atom. The summed E-state index contributed by atoms with van der Waals surface area (Å²) >= 11 is 0. The van der Waals surface area contributed by atoms with Crippen LogP contribution >= 0.6 is 0 Å². The van der Waals surface area contributed by atoms with Crippen LogP contribution in [0.2, 0.25) is 0 Å². The maximum absolute atomic E-state index is 14.1. The number of hydrogen-bond donors (Lipinski definition) is 2. The number of benzene rings is 5. The Bertz CT molecular complexity index is 1590. The number of nitrogens with one attached hydrogen (secondary N) is 2. The van der Waals surface area contributed by atoms with E-state index in [0.29, 0.717) is 0 Å². The minimum atomic E-state index is -1.05. The molecule has 0 fully saturated rings. The van der Waals surface area contributed by atoms with E-state index in [1.807, 2.05) is 152 Å². The summed E-state index contributed by atoms with van der Waals surface area (Å²) in [4.78, 5) is 40.1. The maximum Gasteiger partial charge on any atom is 0.407 e. The second-order valence-electron chi connectivity index (χ2n) is 10.8. The van der Waals surface area contributed by atoms with Gasteiger partial charge in [0.1, 0.15) is 18.8 Å². The number of hydrogen-bond acceptors (Lipinski definition) is 5. The second-order valence-corrected chi connectivity index (χ2v) is 10.8. The van der Waals surface area contributed by atoms with Crippen LogP contribution in [0.5, 0.6) is 0 Å². The Labute approximate surface area is 269 Å². The van der Waals surface area contributed by atoms with Gasteiger partial charge in [0.25, 0.3) is 0 Å². The van der Waals surface area contributed by atoms with E-state index in [1.165, 1.54) is 0 Å².